The number of Topliss-reactive ketones (excluding diaryl/α,β-unsaturated/α-hetero) is 1. The lowest BCUT2D eigenvalue weighted by Gasteiger charge is -2.34. The summed E-state index contributed by atoms with van der Waals surface area (Å²) in [4.78, 5) is 11.7. The van der Waals surface area contributed by atoms with Gasteiger partial charge in [-0.1, -0.05) is 13.8 Å². The Morgan fingerprint density at radius 2 is 1.53 bits per heavy atom. The van der Waals surface area contributed by atoms with Crippen LogP contribution >= 0.6 is 0 Å². The average molecular weight is 216 g/mol. The van der Waals surface area contributed by atoms with Crippen LogP contribution in [0.1, 0.15) is 48.5 Å². The van der Waals surface area contributed by atoms with Crippen LogP contribution in [-0.4, -0.2) is 28.2 Å². The van der Waals surface area contributed by atoms with Gasteiger partial charge in [-0.05, 0) is 40.5 Å². The maximum absolute atomic E-state index is 11.7. The third-order valence-corrected chi connectivity index (χ3v) is 2.84. The number of ketones is 1. The Labute approximate surface area is 92.8 Å². The quantitative estimate of drug-likeness (QED) is 0.766. The smallest absolute Gasteiger partial charge is 0.192 e. The van der Waals surface area contributed by atoms with Gasteiger partial charge in [-0.2, -0.15) is 0 Å². The number of carbonyl (C=O) groups excluding carboxylic acids is 1. The van der Waals surface area contributed by atoms with Crippen molar-refractivity contribution in [2.75, 3.05) is 0 Å². The molecule has 0 saturated heterocycles. The summed E-state index contributed by atoms with van der Waals surface area (Å²) in [5, 5.41) is 9.56. The first-order chi connectivity index (χ1) is 6.48. The van der Waals surface area contributed by atoms with Crippen LogP contribution in [0.15, 0.2) is 0 Å². The number of aliphatic hydroxyl groups is 1. The van der Waals surface area contributed by atoms with Gasteiger partial charge in [-0.25, -0.2) is 0 Å². The lowest BCUT2D eigenvalue weighted by atomic mass is 9.93. The highest BCUT2D eigenvalue weighted by Crippen LogP contribution is 2.23. The van der Waals surface area contributed by atoms with E-state index in [2.05, 4.69) is 0 Å². The molecule has 0 fully saturated rings. The summed E-state index contributed by atoms with van der Waals surface area (Å²) in [5.74, 6) is 0.0331. The average Bonchev–Trinajstić information content (AvgIpc) is 2.00. The van der Waals surface area contributed by atoms with Crippen LogP contribution in [0.2, 0.25) is 0 Å². The largest absolute Gasteiger partial charge is 0.383 e. The van der Waals surface area contributed by atoms with Gasteiger partial charge in [0.2, 0.25) is 0 Å². The molecule has 0 heterocycles. The molecule has 0 aliphatic heterocycles. The Morgan fingerprint density at radius 1 is 1.13 bits per heavy atom. The van der Waals surface area contributed by atoms with Gasteiger partial charge in [0.25, 0.3) is 0 Å². The minimum atomic E-state index is -1.33. The standard InChI is InChI=1S/C12H24O3/c1-8(2)12(6,7)15-9(3)10(13)11(4,5)14/h8-9,14H,1-7H3. The van der Waals surface area contributed by atoms with Gasteiger partial charge in [0.05, 0.1) is 5.60 Å². The van der Waals surface area contributed by atoms with Crippen molar-refractivity contribution in [3.63, 3.8) is 0 Å². The van der Waals surface area contributed by atoms with E-state index in [-0.39, 0.29) is 11.4 Å². The van der Waals surface area contributed by atoms with Crippen LogP contribution in [0.4, 0.5) is 0 Å². The predicted octanol–water partition coefficient (Wildman–Crippen LogP) is 2.17. The second-order valence-electron chi connectivity index (χ2n) is 5.44. The van der Waals surface area contributed by atoms with Crippen LogP contribution in [-0.2, 0) is 9.53 Å². The Balaban J connectivity index is 4.51. The topological polar surface area (TPSA) is 46.5 Å². The van der Waals surface area contributed by atoms with E-state index in [0.29, 0.717) is 5.92 Å². The van der Waals surface area contributed by atoms with E-state index in [1.54, 1.807) is 6.92 Å². The molecule has 0 aromatic rings. The molecule has 0 bridgehead atoms. The Kier molecular flexibility index (Phi) is 4.49. The summed E-state index contributed by atoms with van der Waals surface area (Å²) in [6.07, 6.45) is -0.581. The second kappa shape index (κ2) is 4.62. The monoisotopic (exact) mass is 216 g/mol. The first-order valence-electron chi connectivity index (χ1n) is 5.43. The van der Waals surface area contributed by atoms with E-state index in [9.17, 15) is 9.90 Å². The molecule has 1 atom stereocenters. The zero-order valence-electron chi connectivity index (χ0n) is 10.9. The minimum absolute atomic E-state index is 0.281. The SMILES string of the molecule is CC(OC(C)(C)C(C)C)C(=O)C(C)(C)O. The maximum Gasteiger partial charge on any atom is 0.192 e. The van der Waals surface area contributed by atoms with Crippen LogP contribution in [0.5, 0.6) is 0 Å². The highest BCUT2D eigenvalue weighted by molar-refractivity contribution is 5.89. The molecule has 1 N–H and O–H groups in total. The molecule has 3 heteroatoms. The maximum atomic E-state index is 11.7. The first-order valence-corrected chi connectivity index (χ1v) is 5.43. The van der Waals surface area contributed by atoms with Gasteiger partial charge in [-0.15, -0.1) is 0 Å². The summed E-state index contributed by atoms with van der Waals surface area (Å²) in [6.45, 7) is 12.6. The van der Waals surface area contributed by atoms with E-state index in [1.807, 2.05) is 27.7 Å². The van der Waals surface area contributed by atoms with E-state index >= 15 is 0 Å². The van der Waals surface area contributed by atoms with Crippen molar-refractivity contribution in [1.82, 2.24) is 0 Å². The van der Waals surface area contributed by atoms with E-state index in [1.165, 1.54) is 13.8 Å². The van der Waals surface area contributed by atoms with Crippen LogP contribution in [0, 0.1) is 5.92 Å². The van der Waals surface area contributed by atoms with Crippen molar-refractivity contribution >= 4 is 5.78 Å². The predicted molar refractivity (Wildman–Crippen MR) is 60.8 cm³/mol. The van der Waals surface area contributed by atoms with Gasteiger partial charge < -0.3 is 9.84 Å². The van der Waals surface area contributed by atoms with E-state index in [4.69, 9.17) is 4.74 Å². The van der Waals surface area contributed by atoms with Gasteiger partial charge in [0, 0.05) is 0 Å². The first kappa shape index (κ1) is 14.6. The summed E-state index contributed by atoms with van der Waals surface area (Å²) >= 11 is 0. The van der Waals surface area contributed by atoms with Crippen molar-refractivity contribution in [3.8, 4) is 0 Å². The van der Waals surface area contributed by atoms with Crippen molar-refractivity contribution in [2.24, 2.45) is 5.92 Å². The lowest BCUT2D eigenvalue weighted by Crippen LogP contribution is -2.45. The zero-order valence-corrected chi connectivity index (χ0v) is 10.9. The Bertz CT molecular complexity index is 224. The lowest BCUT2D eigenvalue weighted by molar-refractivity contribution is -0.159. The summed E-state index contributed by atoms with van der Waals surface area (Å²) in [6, 6.07) is 0. The van der Waals surface area contributed by atoms with Crippen molar-refractivity contribution < 1.29 is 14.6 Å². The van der Waals surface area contributed by atoms with Crippen molar-refractivity contribution in [1.29, 1.82) is 0 Å². The third-order valence-electron chi connectivity index (χ3n) is 2.84. The second-order valence-corrected chi connectivity index (χ2v) is 5.44. The molecule has 0 aromatic heterocycles. The van der Waals surface area contributed by atoms with Gasteiger partial charge in [-0.3, -0.25) is 4.79 Å². The molecule has 0 saturated carbocycles. The minimum Gasteiger partial charge on any atom is -0.383 e. The van der Waals surface area contributed by atoms with E-state index in [0.717, 1.165) is 0 Å². The summed E-state index contributed by atoms with van der Waals surface area (Å²) in [7, 11) is 0. The highest BCUT2D eigenvalue weighted by atomic mass is 16.5. The number of ether oxygens (including phenoxy) is 1. The zero-order chi connectivity index (χ0) is 12.4. The fourth-order valence-electron chi connectivity index (χ4n) is 1.14. The molecular formula is C12H24O3. The van der Waals surface area contributed by atoms with Crippen molar-refractivity contribution in [2.45, 2.75) is 65.8 Å². The highest BCUT2D eigenvalue weighted by Gasteiger charge is 2.34. The summed E-state index contributed by atoms with van der Waals surface area (Å²) in [5.41, 5.74) is -1.69. The molecule has 90 valence electrons. The molecular weight excluding hydrogens is 192 g/mol. The Hall–Kier alpha value is -0.410. The molecule has 0 aliphatic carbocycles. The third kappa shape index (κ3) is 4.31. The molecule has 15 heavy (non-hydrogen) atoms. The molecule has 0 rings (SSSR count). The fourth-order valence-corrected chi connectivity index (χ4v) is 1.14. The molecule has 0 radical (unpaired) electrons. The normalized spacial score (nSPS) is 15.5. The molecule has 3 nitrogen and oxygen atoms in total. The van der Waals surface area contributed by atoms with Gasteiger partial charge in [0.1, 0.15) is 11.7 Å². The van der Waals surface area contributed by atoms with Crippen LogP contribution < -0.4 is 0 Å². The summed E-state index contributed by atoms with van der Waals surface area (Å²) < 4.78 is 5.68. The van der Waals surface area contributed by atoms with Gasteiger partial charge >= 0.3 is 0 Å². The van der Waals surface area contributed by atoms with Crippen LogP contribution in [0.25, 0.3) is 0 Å². The number of rotatable bonds is 5. The van der Waals surface area contributed by atoms with Crippen molar-refractivity contribution in [3.05, 3.63) is 0 Å². The van der Waals surface area contributed by atoms with Crippen LogP contribution in [0.3, 0.4) is 0 Å². The number of hydrogen-bond donors (Lipinski definition) is 1. The fraction of sp³-hybridized carbons (Fsp3) is 0.917. The van der Waals surface area contributed by atoms with E-state index < -0.39 is 11.7 Å². The number of hydrogen-bond acceptors (Lipinski definition) is 3. The molecule has 0 aromatic carbocycles. The molecule has 0 spiro atoms. The number of carbonyl (C=O) groups is 1. The molecule has 1 unspecified atom stereocenters. The molecule has 0 amide bonds. The molecule has 0 aliphatic rings. The Morgan fingerprint density at radius 3 is 1.80 bits per heavy atom. The van der Waals surface area contributed by atoms with Gasteiger partial charge in [0.15, 0.2) is 5.78 Å².